The minimum Gasteiger partial charge on any atom is -0.244 e. The molecule has 0 spiro atoms. The number of rotatable bonds is 2. The Morgan fingerprint density at radius 1 is 2.00 bits per heavy atom. The van der Waals surface area contributed by atoms with E-state index in [-0.39, 0.29) is 4.83 Å². The summed E-state index contributed by atoms with van der Waals surface area (Å²) in [6.07, 6.45) is 0.500. The number of alkyl halides is 1. The Hall–Kier alpha value is 0.410. The molecule has 6 heavy (non-hydrogen) atoms. The van der Waals surface area contributed by atoms with Gasteiger partial charge in [0.25, 0.3) is 0 Å². The number of halogens is 2. The molecule has 0 aromatic heterocycles. The molecule has 0 aliphatic heterocycles. The molecule has 0 rings (SSSR count). The summed E-state index contributed by atoms with van der Waals surface area (Å²) in [5.41, 5.74) is 0. The fraction of sp³-hybridized carbons (Fsp3) is 0.750. The van der Waals surface area contributed by atoms with Crippen LogP contribution in [0.2, 0.25) is 0 Å². The zero-order valence-electron chi connectivity index (χ0n) is 3.62. The molecule has 1 atom stereocenters. The van der Waals surface area contributed by atoms with E-state index in [0.29, 0.717) is 13.1 Å². The monoisotopic (exact) mass is 153 g/mol. The first-order valence-electron chi connectivity index (χ1n) is 1.83. The van der Waals surface area contributed by atoms with Crippen LogP contribution in [-0.4, -0.2) is 4.83 Å². The van der Waals surface area contributed by atoms with Crippen molar-refractivity contribution in [2.75, 3.05) is 0 Å². The first-order valence-corrected chi connectivity index (χ1v) is 2.75. The van der Waals surface area contributed by atoms with Gasteiger partial charge in [0.15, 0.2) is 0 Å². The summed E-state index contributed by atoms with van der Waals surface area (Å²) >= 11 is 3.16. The van der Waals surface area contributed by atoms with E-state index in [4.69, 9.17) is 0 Å². The quantitative estimate of drug-likeness (QED) is 0.535. The third-order valence-electron chi connectivity index (χ3n) is 0.414. The van der Waals surface area contributed by atoms with E-state index in [0.717, 1.165) is 0 Å². The molecular formula is C4H7BrF. The highest BCUT2D eigenvalue weighted by atomic mass is 79.9. The summed E-state index contributed by atoms with van der Waals surface area (Å²) in [5, 5.41) is 0. The van der Waals surface area contributed by atoms with Crippen LogP contribution >= 0.6 is 15.9 Å². The molecule has 2 heteroatoms. The Bertz CT molecular complexity index is 28.7. The summed E-state index contributed by atoms with van der Waals surface area (Å²) < 4.78 is 11.1. The van der Waals surface area contributed by atoms with Crippen LogP contribution in [0, 0.1) is 6.67 Å². The highest BCUT2D eigenvalue weighted by Gasteiger charge is 1.91. The molecule has 0 nitrogen and oxygen atoms in total. The van der Waals surface area contributed by atoms with Crippen LogP contribution in [0.5, 0.6) is 0 Å². The van der Waals surface area contributed by atoms with Gasteiger partial charge in [-0.3, -0.25) is 0 Å². The van der Waals surface area contributed by atoms with Gasteiger partial charge in [0.1, 0.15) is 6.67 Å². The molecule has 0 bridgehead atoms. The molecule has 0 amide bonds. The van der Waals surface area contributed by atoms with Gasteiger partial charge in [-0.05, 0) is 6.42 Å². The van der Waals surface area contributed by atoms with Crippen LogP contribution in [0.3, 0.4) is 0 Å². The fourth-order valence-electron chi connectivity index (χ4n) is 0.123. The predicted molar refractivity (Wildman–Crippen MR) is 28.4 cm³/mol. The lowest BCUT2D eigenvalue weighted by Gasteiger charge is -1.91. The third-order valence-corrected chi connectivity index (χ3v) is 0.788. The van der Waals surface area contributed by atoms with Crippen LogP contribution in [0.4, 0.5) is 4.39 Å². The van der Waals surface area contributed by atoms with E-state index in [1.807, 2.05) is 6.92 Å². The van der Waals surface area contributed by atoms with Crippen LogP contribution in [-0.2, 0) is 0 Å². The van der Waals surface area contributed by atoms with Crippen molar-refractivity contribution in [1.29, 1.82) is 0 Å². The van der Waals surface area contributed by atoms with Gasteiger partial charge in [-0.1, -0.05) is 22.9 Å². The number of hydrogen-bond acceptors (Lipinski definition) is 0. The van der Waals surface area contributed by atoms with Crippen molar-refractivity contribution in [2.24, 2.45) is 0 Å². The van der Waals surface area contributed by atoms with Gasteiger partial charge in [0.2, 0.25) is 0 Å². The van der Waals surface area contributed by atoms with Crippen LogP contribution in [0.1, 0.15) is 13.3 Å². The highest BCUT2D eigenvalue weighted by molar-refractivity contribution is 9.09. The van der Waals surface area contributed by atoms with Crippen molar-refractivity contribution < 1.29 is 4.39 Å². The second kappa shape index (κ2) is 3.59. The summed E-state index contributed by atoms with van der Waals surface area (Å²) in [7, 11) is 0. The summed E-state index contributed by atoms with van der Waals surface area (Å²) in [6, 6.07) is 0. The molecule has 1 unspecified atom stereocenters. The van der Waals surface area contributed by atoms with Gasteiger partial charge in [-0.15, -0.1) is 0 Å². The molecular weight excluding hydrogens is 147 g/mol. The lowest BCUT2D eigenvalue weighted by molar-refractivity contribution is 0.576. The standard InChI is InChI=1S/C4H7BrF/c1-4(5)2-3-6/h3-4H,2H2,1H3. The normalized spacial score (nSPS) is 14.5. The van der Waals surface area contributed by atoms with E-state index in [1.54, 1.807) is 0 Å². The van der Waals surface area contributed by atoms with Gasteiger partial charge in [0, 0.05) is 4.83 Å². The van der Waals surface area contributed by atoms with Crippen LogP contribution < -0.4 is 0 Å². The highest BCUT2D eigenvalue weighted by Crippen LogP contribution is 2.04. The molecule has 0 aromatic carbocycles. The minimum atomic E-state index is 0.280. The number of hydrogen-bond donors (Lipinski definition) is 0. The maximum atomic E-state index is 11.1. The minimum absolute atomic E-state index is 0.280. The molecule has 0 N–H and O–H groups in total. The van der Waals surface area contributed by atoms with Gasteiger partial charge < -0.3 is 0 Å². The maximum Gasteiger partial charge on any atom is 0.132 e. The smallest absolute Gasteiger partial charge is 0.132 e. The van der Waals surface area contributed by atoms with Crippen molar-refractivity contribution in [3.63, 3.8) is 0 Å². The van der Waals surface area contributed by atoms with Crippen molar-refractivity contribution in [3.8, 4) is 0 Å². The Balaban J connectivity index is 2.63. The topological polar surface area (TPSA) is 0 Å². The van der Waals surface area contributed by atoms with Crippen molar-refractivity contribution >= 4 is 15.9 Å². The average Bonchev–Trinajstić information content (AvgIpc) is 1.35. The zero-order valence-corrected chi connectivity index (χ0v) is 5.20. The van der Waals surface area contributed by atoms with E-state index in [2.05, 4.69) is 15.9 Å². The second-order valence-electron chi connectivity index (χ2n) is 1.17. The van der Waals surface area contributed by atoms with Crippen LogP contribution in [0.25, 0.3) is 0 Å². The first-order chi connectivity index (χ1) is 2.77. The Labute approximate surface area is 45.9 Å². The molecule has 0 aliphatic carbocycles. The van der Waals surface area contributed by atoms with Crippen LogP contribution in [0.15, 0.2) is 0 Å². The molecule has 0 saturated carbocycles. The molecule has 0 aromatic rings. The van der Waals surface area contributed by atoms with E-state index in [9.17, 15) is 4.39 Å². The van der Waals surface area contributed by atoms with E-state index in [1.165, 1.54) is 0 Å². The zero-order chi connectivity index (χ0) is 4.99. The maximum absolute atomic E-state index is 11.1. The van der Waals surface area contributed by atoms with Gasteiger partial charge in [-0.2, -0.15) is 0 Å². The Kier molecular flexibility index (Phi) is 3.84. The molecule has 0 saturated heterocycles. The summed E-state index contributed by atoms with van der Waals surface area (Å²) in [6.45, 7) is 2.55. The largest absolute Gasteiger partial charge is 0.244 e. The molecule has 37 valence electrons. The molecule has 1 radical (unpaired) electrons. The van der Waals surface area contributed by atoms with Crippen molar-refractivity contribution in [3.05, 3.63) is 6.67 Å². The van der Waals surface area contributed by atoms with Crippen molar-refractivity contribution in [1.82, 2.24) is 0 Å². The predicted octanol–water partition coefficient (Wildman–Crippen LogP) is 2.29. The van der Waals surface area contributed by atoms with Gasteiger partial charge in [-0.25, -0.2) is 4.39 Å². The summed E-state index contributed by atoms with van der Waals surface area (Å²) in [4.78, 5) is 0.280. The Morgan fingerprint density at radius 2 is 2.50 bits per heavy atom. The second-order valence-corrected chi connectivity index (χ2v) is 2.73. The molecule has 0 heterocycles. The fourth-order valence-corrected chi connectivity index (χ4v) is 0.264. The first kappa shape index (κ1) is 6.41. The Morgan fingerprint density at radius 3 is 2.50 bits per heavy atom. The molecule has 0 fully saturated rings. The molecule has 0 aliphatic rings. The average molecular weight is 154 g/mol. The van der Waals surface area contributed by atoms with E-state index < -0.39 is 0 Å². The van der Waals surface area contributed by atoms with Gasteiger partial charge in [0.05, 0.1) is 0 Å². The van der Waals surface area contributed by atoms with Gasteiger partial charge >= 0.3 is 0 Å². The summed E-state index contributed by atoms with van der Waals surface area (Å²) in [5.74, 6) is 0. The lowest BCUT2D eigenvalue weighted by atomic mass is 10.4. The van der Waals surface area contributed by atoms with E-state index >= 15 is 0 Å². The van der Waals surface area contributed by atoms with Crippen molar-refractivity contribution in [2.45, 2.75) is 18.2 Å². The third kappa shape index (κ3) is 4.41. The lowest BCUT2D eigenvalue weighted by Crippen LogP contribution is -1.84. The SMILES string of the molecule is CC(Br)C[CH]F.